The predicted octanol–water partition coefficient (Wildman–Crippen LogP) is 1.76. The molecule has 1 saturated carbocycles. The highest BCUT2D eigenvalue weighted by molar-refractivity contribution is 5.94. The molecular formula is C39H42N4O12. The molecule has 3 aliphatic rings. The highest BCUT2D eigenvalue weighted by Crippen LogP contribution is 2.54. The van der Waals surface area contributed by atoms with Crippen LogP contribution in [-0.4, -0.2) is 98.0 Å². The van der Waals surface area contributed by atoms with E-state index in [-0.39, 0.29) is 34.8 Å². The highest BCUT2D eigenvalue weighted by atomic mass is 16.7. The number of carboxylic acids is 1. The summed E-state index contributed by atoms with van der Waals surface area (Å²) >= 11 is 0. The number of aliphatic carboxylic acids is 1. The van der Waals surface area contributed by atoms with Gasteiger partial charge in [-0.2, -0.15) is 0 Å². The lowest BCUT2D eigenvalue weighted by atomic mass is 9.61. The molecule has 290 valence electrons. The van der Waals surface area contributed by atoms with E-state index in [2.05, 4.69) is 28.5 Å². The van der Waals surface area contributed by atoms with Crippen LogP contribution in [0.15, 0.2) is 68.8 Å². The Morgan fingerprint density at radius 3 is 2.51 bits per heavy atom. The molecule has 0 amide bonds. The molecule has 0 unspecified atom stereocenters. The number of fused-ring (bicyclic) bond motifs is 4. The number of carboxylic acid groups (broad SMARTS) is 1. The van der Waals surface area contributed by atoms with Gasteiger partial charge in [0.2, 0.25) is 12.0 Å². The van der Waals surface area contributed by atoms with Crippen molar-refractivity contribution in [3.05, 3.63) is 81.5 Å². The first-order chi connectivity index (χ1) is 26.2. The summed E-state index contributed by atoms with van der Waals surface area (Å²) in [5, 5.41) is 78.3. The number of benzene rings is 3. The van der Waals surface area contributed by atoms with Gasteiger partial charge < -0.3 is 66.4 Å². The van der Waals surface area contributed by atoms with E-state index in [0.29, 0.717) is 11.1 Å². The van der Waals surface area contributed by atoms with Gasteiger partial charge in [0.25, 0.3) is 0 Å². The van der Waals surface area contributed by atoms with Gasteiger partial charge >= 0.3 is 5.97 Å². The van der Waals surface area contributed by atoms with Gasteiger partial charge in [-0.1, -0.05) is 36.8 Å². The summed E-state index contributed by atoms with van der Waals surface area (Å²) in [6.45, 7) is -0.102. The molecule has 2 aliphatic carbocycles. The molecule has 0 radical (unpaired) electrons. The highest BCUT2D eigenvalue weighted by Gasteiger charge is 2.58. The van der Waals surface area contributed by atoms with Crippen molar-refractivity contribution in [2.75, 3.05) is 20.1 Å². The number of rotatable bonds is 9. The number of aliphatic imine (C=N–C) groups is 1. The number of aliphatic hydroxyl groups excluding tert-OH is 2. The SMILES string of the molecule is CNC[C@H]1CCC[C@H]2c3ccccc3C=C(c3cc(O)ccc3-c3cc(=O)c4c(O)c(O)c(O[C@H]5O[C@H](C(=O)O)[C@@H](O)[C@@](O)(CN=C(N)N)[C@H]5O)cc4o3)[C@H]12. The van der Waals surface area contributed by atoms with Crippen molar-refractivity contribution in [2.45, 2.75) is 55.4 Å². The average molecular weight is 759 g/mol. The van der Waals surface area contributed by atoms with Crippen LogP contribution in [0, 0.1) is 11.8 Å². The Hall–Kier alpha value is -5.65. The van der Waals surface area contributed by atoms with Gasteiger partial charge in [0.1, 0.15) is 40.3 Å². The normalized spacial score (nSPS) is 27.4. The second-order valence-electron chi connectivity index (χ2n) is 14.3. The Bertz CT molecular complexity index is 2270. The van der Waals surface area contributed by atoms with Crippen molar-refractivity contribution in [1.82, 2.24) is 5.32 Å². The van der Waals surface area contributed by atoms with Crippen molar-refractivity contribution in [3.8, 4) is 34.3 Å². The zero-order valence-electron chi connectivity index (χ0n) is 29.6. The van der Waals surface area contributed by atoms with E-state index >= 15 is 0 Å². The molecule has 0 bridgehead atoms. The van der Waals surface area contributed by atoms with Crippen molar-refractivity contribution in [3.63, 3.8) is 0 Å². The van der Waals surface area contributed by atoms with Crippen LogP contribution in [0.4, 0.5) is 0 Å². The zero-order valence-corrected chi connectivity index (χ0v) is 29.6. The minimum absolute atomic E-state index is 0.00644. The average Bonchev–Trinajstić information content (AvgIpc) is 3.15. The second kappa shape index (κ2) is 14.5. The number of allylic oxidation sites excluding steroid dienone is 1. The number of nitrogens with two attached hydrogens (primary N) is 2. The number of phenols is 3. The maximum absolute atomic E-state index is 13.7. The summed E-state index contributed by atoms with van der Waals surface area (Å²) in [6, 6.07) is 15.1. The fourth-order valence-electron chi connectivity index (χ4n) is 8.36. The molecule has 55 heavy (non-hydrogen) atoms. The van der Waals surface area contributed by atoms with Gasteiger partial charge in [0.05, 0.1) is 6.54 Å². The van der Waals surface area contributed by atoms with E-state index in [1.54, 1.807) is 12.1 Å². The number of aliphatic hydroxyl groups is 3. The monoisotopic (exact) mass is 758 g/mol. The molecule has 16 nitrogen and oxygen atoms in total. The maximum atomic E-state index is 13.7. The zero-order chi connectivity index (χ0) is 39.3. The predicted molar refractivity (Wildman–Crippen MR) is 199 cm³/mol. The number of nitrogens with zero attached hydrogens (tertiary/aromatic N) is 1. The molecule has 2 fully saturated rings. The number of nitrogens with one attached hydrogen (secondary N) is 1. The Morgan fingerprint density at radius 2 is 1.78 bits per heavy atom. The molecule has 1 aliphatic heterocycles. The number of hydrogen-bond acceptors (Lipinski definition) is 13. The molecule has 1 aromatic heterocycles. The third-order valence-corrected chi connectivity index (χ3v) is 10.9. The first-order valence-corrected chi connectivity index (χ1v) is 17.7. The van der Waals surface area contributed by atoms with E-state index in [9.17, 15) is 45.3 Å². The van der Waals surface area contributed by atoms with E-state index in [4.69, 9.17) is 25.4 Å². The van der Waals surface area contributed by atoms with Crippen LogP contribution < -0.4 is 26.9 Å². The molecule has 12 N–H and O–H groups in total. The number of carbonyl (C=O) groups is 1. The van der Waals surface area contributed by atoms with Gasteiger partial charge in [-0.3, -0.25) is 9.79 Å². The molecule has 16 heteroatoms. The lowest BCUT2D eigenvalue weighted by Gasteiger charge is -2.45. The molecule has 8 atom stereocenters. The first kappa shape index (κ1) is 37.7. The van der Waals surface area contributed by atoms with E-state index in [1.165, 1.54) is 11.6 Å². The standard InChI is InChI=1S/C39H42N4O12/c1-42-15-18-6-4-8-22-20-7-3-2-5-17(20)11-24(29(18)22)23-12-19(44)9-10-21(23)26-13-25(45)30-27(53-26)14-28(31(46)32(30)47)54-37-35(49)39(52,16-43-38(40)41)34(48)33(55-37)36(50)51/h2-3,5,7,9-14,18,22,29,33-35,37,42,44,46-49,52H,4,6,8,15-16H2,1H3,(H,50,51)(H4,40,41,43)/t18-,22+,29-,33+,34-,35+,37+,39+/m1/s1. The van der Waals surface area contributed by atoms with E-state index < -0.39 is 76.7 Å². The number of hydrogen-bond donors (Lipinski definition) is 10. The lowest BCUT2D eigenvalue weighted by Crippen LogP contribution is -2.70. The Kier molecular flexibility index (Phi) is 9.95. The van der Waals surface area contributed by atoms with E-state index in [1.807, 2.05) is 19.2 Å². The second-order valence-corrected chi connectivity index (χ2v) is 14.3. The van der Waals surface area contributed by atoms with Gasteiger partial charge in [0, 0.05) is 17.7 Å². The van der Waals surface area contributed by atoms with Crippen LogP contribution >= 0.6 is 0 Å². The van der Waals surface area contributed by atoms with Gasteiger partial charge in [-0.25, -0.2) is 4.79 Å². The molecule has 7 rings (SSSR count). The minimum Gasteiger partial charge on any atom is -0.508 e. The smallest absolute Gasteiger partial charge is 0.335 e. The van der Waals surface area contributed by atoms with Crippen molar-refractivity contribution in [2.24, 2.45) is 28.3 Å². The molecule has 3 aromatic carbocycles. The van der Waals surface area contributed by atoms with Crippen LogP contribution in [0.2, 0.25) is 0 Å². The minimum atomic E-state index is -2.72. The molecule has 1 saturated heterocycles. The first-order valence-electron chi connectivity index (χ1n) is 17.7. The van der Waals surface area contributed by atoms with Crippen LogP contribution in [0.5, 0.6) is 23.0 Å². The molecule has 0 spiro atoms. The lowest BCUT2D eigenvalue weighted by molar-refractivity contribution is -0.303. The molecule has 4 aromatic rings. The fourth-order valence-corrected chi connectivity index (χ4v) is 8.36. The Morgan fingerprint density at radius 1 is 1.02 bits per heavy atom. The topological polar surface area (TPSA) is 284 Å². The number of ether oxygens (including phenoxy) is 2. The maximum Gasteiger partial charge on any atom is 0.335 e. The number of guanidine groups is 1. The van der Waals surface area contributed by atoms with Crippen molar-refractivity contribution >= 4 is 34.5 Å². The van der Waals surface area contributed by atoms with Gasteiger partial charge in [-0.15, -0.1) is 0 Å². The quantitative estimate of drug-likeness (QED) is 0.0661. The number of phenolic OH excluding ortho intramolecular Hbond substituents is 3. The third kappa shape index (κ3) is 6.61. The third-order valence-electron chi connectivity index (χ3n) is 10.9. The van der Waals surface area contributed by atoms with Gasteiger partial charge in [-0.05, 0) is 84.7 Å². The van der Waals surface area contributed by atoms with Crippen molar-refractivity contribution < 1.29 is 54.4 Å². The molecule has 2 heterocycles. The van der Waals surface area contributed by atoms with Crippen LogP contribution in [0.1, 0.15) is 41.9 Å². The Balaban J connectivity index is 1.33. The largest absolute Gasteiger partial charge is 0.508 e. The Labute approximate surface area is 313 Å². The summed E-state index contributed by atoms with van der Waals surface area (Å²) in [7, 11) is 1.92. The summed E-state index contributed by atoms with van der Waals surface area (Å²) in [4.78, 5) is 29.3. The van der Waals surface area contributed by atoms with E-state index in [0.717, 1.165) is 49.1 Å². The molecular weight excluding hydrogens is 716 g/mol. The number of aromatic hydroxyl groups is 3. The van der Waals surface area contributed by atoms with Crippen LogP contribution in [0.25, 0.3) is 33.9 Å². The van der Waals surface area contributed by atoms with Crippen LogP contribution in [0.3, 0.4) is 0 Å². The van der Waals surface area contributed by atoms with Gasteiger partial charge in [0.15, 0.2) is 29.0 Å². The summed E-state index contributed by atoms with van der Waals surface area (Å²) in [6.07, 6.45) is -3.60. The summed E-state index contributed by atoms with van der Waals surface area (Å²) < 4.78 is 17.2. The summed E-state index contributed by atoms with van der Waals surface area (Å²) in [5.74, 6) is -4.30. The van der Waals surface area contributed by atoms with Crippen LogP contribution in [-0.2, 0) is 9.53 Å². The fraction of sp³-hybridized carbons (Fsp3) is 0.359. The summed E-state index contributed by atoms with van der Waals surface area (Å²) in [5.41, 5.74) is 11.3. The van der Waals surface area contributed by atoms with Crippen molar-refractivity contribution in [1.29, 1.82) is 0 Å².